The average Bonchev–Trinajstić information content (AvgIpc) is 2.37. The lowest BCUT2D eigenvalue weighted by atomic mass is 10.2. The summed E-state index contributed by atoms with van der Waals surface area (Å²) in [4.78, 5) is 22.4. The first-order chi connectivity index (χ1) is 9.79. The molecule has 0 saturated carbocycles. The summed E-state index contributed by atoms with van der Waals surface area (Å²) in [5.74, 6) is -0.928. The van der Waals surface area contributed by atoms with Crippen molar-refractivity contribution in [1.29, 1.82) is 0 Å². The Hall–Kier alpha value is -2.01. The zero-order chi connectivity index (χ0) is 16.0. The summed E-state index contributed by atoms with van der Waals surface area (Å²) in [7, 11) is 0. The van der Waals surface area contributed by atoms with Gasteiger partial charge in [-0.2, -0.15) is 0 Å². The van der Waals surface area contributed by atoms with Crippen molar-refractivity contribution < 1.29 is 19.4 Å². The molecule has 0 aliphatic rings. The van der Waals surface area contributed by atoms with Gasteiger partial charge in [-0.25, -0.2) is 4.79 Å². The van der Waals surface area contributed by atoms with Gasteiger partial charge in [0.25, 0.3) is 5.91 Å². The molecule has 6 heteroatoms. The Morgan fingerprint density at radius 3 is 2.57 bits per heavy atom. The summed E-state index contributed by atoms with van der Waals surface area (Å²) in [6.07, 6.45) is 1.65. The Kier molecular flexibility index (Phi) is 6.24. The van der Waals surface area contributed by atoms with Crippen LogP contribution >= 0.6 is 11.6 Å². The number of carboxylic acid groups (broad SMARTS) is 1. The van der Waals surface area contributed by atoms with Crippen molar-refractivity contribution in [2.24, 2.45) is 0 Å². The first kappa shape index (κ1) is 17.0. The van der Waals surface area contributed by atoms with Crippen LogP contribution in [0.25, 0.3) is 6.08 Å². The van der Waals surface area contributed by atoms with Crippen molar-refractivity contribution >= 4 is 29.6 Å². The minimum atomic E-state index is -1.08. The lowest BCUT2D eigenvalue weighted by Crippen LogP contribution is -2.40. The van der Waals surface area contributed by atoms with Crippen LogP contribution in [0.15, 0.2) is 24.3 Å². The maximum absolute atomic E-state index is 11.8. The molecule has 2 N–H and O–H groups in total. The highest BCUT2D eigenvalue weighted by molar-refractivity contribution is 6.30. The van der Waals surface area contributed by atoms with E-state index in [-0.39, 0.29) is 11.9 Å². The average molecular weight is 312 g/mol. The van der Waals surface area contributed by atoms with Crippen molar-refractivity contribution in [3.05, 3.63) is 34.9 Å². The highest BCUT2D eigenvalue weighted by Crippen LogP contribution is 2.25. The van der Waals surface area contributed by atoms with E-state index in [1.165, 1.54) is 6.08 Å². The van der Waals surface area contributed by atoms with E-state index >= 15 is 0 Å². The Morgan fingerprint density at radius 2 is 2.00 bits per heavy atom. The van der Waals surface area contributed by atoms with Gasteiger partial charge >= 0.3 is 5.97 Å². The van der Waals surface area contributed by atoms with E-state index in [2.05, 4.69) is 5.32 Å². The maximum Gasteiger partial charge on any atom is 0.328 e. The number of aliphatic carboxylic acids is 1. The van der Waals surface area contributed by atoms with Crippen LogP contribution in [0.3, 0.4) is 0 Å². The number of halogens is 1. The molecule has 0 radical (unpaired) electrons. The monoisotopic (exact) mass is 311 g/mol. The summed E-state index contributed by atoms with van der Waals surface area (Å²) in [6, 6.07) is 4.80. The van der Waals surface area contributed by atoms with E-state index in [0.717, 1.165) is 6.08 Å². The minimum Gasteiger partial charge on any atom is -0.480 e. The van der Waals surface area contributed by atoms with Crippen LogP contribution in [0.4, 0.5) is 0 Å². The summed E-state index contributed by atoms with van der Waals surface area (Å²) in [6.45, 7) is 5.33. The maximum atomic E-state index is 11.8. The number of carbonyl (C=O) groups is 2. The van der Waals surface area contributed by atoms with Crippen LogP contribution in [0.1, 0.15) is 26.3 Å². The van der Waals surface area contributed by atoms with Gasteiger partial charge in [-0.05, 0) is 45.0 Å². The standard InChI is InChI=1S/C15H18ClNO4/c1-9(2)17-15(20)10(3)21-13-6-5-12(16)8-11(13)4-7-14(18)19/h4-10H,1-3H3,(H,17,20)(H,18,19)/b7-4+. The molecular formula is C15H18ClNO4. The van der Waals surface area contributed by atoms with Gasteiger partial charge in [0.15, 0.2) is 6.10 Å². The normalized spacial score (nSPS) is 12.4. The molecule has 1 atom stereocenters. The zero-order valence-electron chi connectivity index (χ0n) is 12.1. The third-order valence-electron chi connectivity index (χ3n) is 2.48. The van der Waals surface area contributed by atoms with E-state index in [9.17, 15) is 9.59 Å². The lowest BCUT2D eigenvalue weighted by Gasteiger charge is -2.17. The summed E-state index contributed by atoms with van der Waals surface area (Å²) in [5.41, 5.74) is 0.495. The van der Waals surface area contributed by atoms with Crippen molar-refractivity contribution in [3.8, 4) is 5.75 Å². The van der Waals surface area contributed by atoms with Crippen LogP contribution in [0.5, 0.6) is 5.75 Å². The Morgan fingerprint density at radius 1 is 1.33 bits per heavy atom. The molecule has 0 fully saturated rings. The molecule has 0 saturated heterocycles. The number of amides is 1. The zero-order valence-corrected chi connectivity index (χ0v) is 12.8. The van der Waals surface area contributed by atoms with Crippen LogP contribution in [-0.4, -0.2) is 29.1 Å². The third-order valence-corrected chi connectivity index (χ3v) is 2.72. The van der Waals surface area contributed by atoms with Crippen LogP contribution in [0.2, 0.25) is 5.02 Å². The van der Waals surface area contributed by atoms with Crippen LogP contribution in [0, 0.1) is 0 Å². The Labute approximate surface area is 128 Å². The first-order valence-electron chi connectivity index (χ1n) is 6.47. The highest BCUT2D eigenvalue weighted by Gasteiger charge is 2.16. The van der Waals surface area contributed by atoms with Crippen molar-refractivity contribution in [1.82, 2.24) is 5.32 Å². The molecule has 21 heavy (non-hydrogen) atoms. The van der Waals surface area contributed by atoms with E-state index in [1.807, 2.05) is 13.8 Å². The molecule has 0 aliphatic carbocycles. The molecule has 1 aromatic rings. The predicted octanol–water partition coefficient (Wildman–Crippen LogP) is 2.73. The molecule has 0 aliphatic heterocycles. The van der Waals surface area contributed by atoms with E-state index in [0.29, 0.717) is 16.3 Å². The van der Waals surface area contributed by atoms with Gasteiger partial charge in [0, 0.05) is 22.7 Å². The van der Waals surface area contributed by atoms with Gasteiger partial charge in [-0.15, -0.1) is 0 Å². The Bertz CT molecular complexity index is 555. The van der Waals surface area contributed by atoms with Gasteiger partial charge in [0.05, 0.1) is 0 Å². The fourth-order valence-corrected chi connectivity index (χ4v) is 1.74. The highest BCUT2D eigenvalue weighted by atomic mass is 35.5. The van der Waals surface area contributed by atoms with Gasteiger partial charge in [0.1, 0.15) is 5.75 Å². The van der Waals surface area contributed by atoms with Crippen molar-refractivity contribution in [2.45, 2.75) is 32.9 Å². The second kappa shape index (κ2) is 7.69. The number of hydrogen-bond acceptors (Lipinski definition) is 3. The molecule has 1 aromatic carbocycles. The fraction of sp³-hybridized carbons (Fsp3) is 0.333. The van der Waals surface area contributed by atoms with Gasteiger partial charge < -0.3 is 15.2 Å². The fourth-order valence-electron chi connectivity index (χ4n) is 1.56. The van der Waals surface area contributed by atoms with Gasteiger partial charge in [0.2, 0.25) is 0 Å². The summed E-state index contributed by atoms with van der Waals surface area (Å²) < 4.78 is 5.58. The Balaban J connectivity index is 2.92. The third kappa shape index (κ3) is 5.87. The molecule has 1 amide bonds. The number of carbonyl (C=O) groups excluding carboxylic acids is 1. The second-order valence-corrected chi connectivity index (χ2v) is 5.21. The second-order valence-electron chi connectivity index (χ2n) is 4.78. The SMILES string of the molecule is CC(C)NC(=O)C(C)Oc1ccc(Cl)cc1/C=C/C(=O)O. The molecule has 0 bridgehead atoms. The van der Waals surface area contributed by atoms with Crippen molar-refractivity contribution in [3.63, 3.8) is 0 Å². The molecule has 0 aromatic heterocycles. The van der Waals surface area contributed by atoms with Crippen molar-refractivity contribution in [2.75, 3.05) is 0 Å². The molecule has 5 nitrogen and oxygen atoms in total. The number of hydrogen-bond donors (Lipinski definition) is 2. The topological polar surface area (TPSA) is 75.6 Å². The molecule has 0 spiro atoms. The van der Waals surface area contributed by atoms with Gasteiger partial charge in [-0.3, -0.25) is 4.79 Å². The smallest absolute Gasteiger partial charge is 0.328 e. The number of ether oxygens (including phenoxy) is 1. The summed E-state index contributed by atoms with van der Waals surface area (Å²) >= 11 is 5.88. The molecule has 1 unspecified atom stereocenters. The van der Waals surface area contributed by atoms with Crippen LogP contribution in [-0.2, 0) is 9.59 Å². The van der Waals surface area contributed by atoms with E-state index in [4.69, 9.17) is 21.4 Å². The van der Waals surface area contributed by atoms with Crippen LogP contribution < -0.4 is 10.1 Å². The quantitative estimate of drug-likeness (QED) is 0.792. The predicted molar refractivity (Wildman–Crippen MR) is 81.5 cm³/mol. The largest absolute Gasteiger partial charge is 0.480 e. The lowest BCUT2D eigenvalue weighted by molar-refractivity contribution is -0.131. The van der Waals surface area contributed by atoms with Gasteiger partial charge in [-0.1, -0.05) is 11.6 Å². The molecule has 114 valence electrons. The molecule has 1 rings (SSSR count). The van der Waals surface area contributed by atoms with E-state index in [1.54, 1.807) is 25.1 Å². The minimum absolute atomic E-state index is 0.0140. The number of rotatable bonds is 6. The summed E-state index contributed by atoms with van der Waals surface area (Å²) in [5, 5.41) is 11.9. The molecule has 0 heterocycles. The first-order valence-corrected chi connectivity index (χ1v) is 6.85. The number of nitrogens with one attached hydrogen (secondary N) is 1. The number of benzene rings is 1. The molecular weight excluding hydrogens is 294 g/mol. The van der Waals surface area contributed by atoms with E-state index < -0.39 is 12.1 Å². The number of carboxylic acids is 1.